The lowest BCUT2D eigenvalue weighted by molar-refractivity contribution is 0.0920. The molecule has 0 aromatic carbocycles. The first kappa shape index (κ1) is 14.1. The molecule has 1 aliphatic heterocycles. The third-order valence-corrected chi connectivity index (χ3v) is 3.00. The SMILES string of the molecule is CN(CC(=O)c1ccccn1)C1CCNC1.Cl. The van der Waals surface area contributed by atoms with Crippen molar-refractivity contribution in [3.8, 4) is 0 Å². The number of aromatic nitrogens is 1. The highest BCUT2D eigenvalue weighted by atomic mass is 35.5. The number of Topliss-reactive ketones (excluding diaryl/α,β-unsaturated/α-hetero) is 1. The number of ketones is 1. The van der Waals surface area contributed by atoms with Crippen molar-refractivity contribution in [2.75, 3.05) is 26.7 Å². The molecule has 4 nitrogen and oxygen atoms in total. The molecule has 5 heteroatoms. The van der Waals surface area contributed by atoms with Crippen LogP contribution < -0.4 is 5.32 Å². The molecule has 0 spiro atoms. The molecule has 0 radical (unpaired) electrons. The molecule has 1 N–H and O–H groups in total. The molecular formula is C12H18ClN3O. The lowest BCUT2D eigenvalue weighted by Crippen LogP contribution is -2.37. The van der Waals surface area contributed by atoms with Gasteiger partial charge in [0.15, 0.2) is 5.78 Å². The molecule has 0 aliphatic carbocycles. The van der Waals surface area contributed by atoms with Crippen molar-refractivity contribution in [2.24, 2.45) is 0 Å². The van der Waals surface area contributed by atoms with E-state index in [-0.39, 0.29) is 18.2 Å². The topological polar surface area (TPSA) is 45.2 Å². The van der Waals surface area contributed by atoms with Crippen molar-refractivity contribution in [3.63, 3.8) is 0 Å². The Morgan fingerprint density at radius 1 is 1.59 bits per heavy atom. The van der Waals surface area contributed by atoms with Crippen molar-refractivity contribution < 1.29 is 4.79 Å². The number of likely N-dealkylation sites (N-methyl/N-ethyl adjacent to an activating group) is 1. The summed E-state index contributed by atoms with van der Waals surface area (Å²) in [7, 11) is 2.00. The second-order valence-electron chi connectivity index (χ2n) is 4.20. The van der Waals surface area contributed by atoms with E-state index in [2.05, 4.69) is 15.2 Å². The highest BCUT2D eigenvalue weighted by molar-refractivity contribution is 5.95. The third kappa shape index (κ3) is 3.77. The summed E-state index contributed by atoms with van der Waals surface area (Å²) in [6, 6.07) is 5.91. The van der Waals surface area contributed by atoms with Gasteiger partial charge in [0.1, 0.15) is 5.69 Å². The van der Waals surface area contributed by atoms with E-state index in [4.69, 9.17) is 0 Å². The van der Waals surface area contributed by atoms with Gasteiger partial charge in [-0.25, -0.2) is 0 Å². The first-order valence-electron chi connectivity index (χ1n) is 5.62. The minimum absolute atomic E-state index is 0. The van der Waals surface area contributed by atoms with Gasteiger partial charge in [-0.05, 0) is 32.1 Å². The summed E-state index contributed by atoms with van der Waals surface area (Å²) in [6.07, 6.45) is 2.77. The van der Waals surface area contributed by atoms with Crippen LogP contribution in [0.3, 0.4) is 0 Å². The Morgan fingerprint density at radius 2 is 2.41 bits per heavy atom. The average molecular weight is 256 g/mol. The van der Waals surface area contributed by atoms with Crippen molar-refractivity contribution >= 4 is 18.2 Å². The molecule has 1 saturated heterocycles. The van der Waals surface area contributed by atoms with Gasteiger partial charge in [0.05, 0.1) is 6.54 Å². The van der Waals surface area contributed by atoms with E-state index in [0.717, 1.165) is 19.5 Å². The summed E-state index contributed by atoms with van der Waals surface area (Å²) < 4.78 is 0. The average Bonchev–Trinajstić information content (AvgIpc) is 2.83. The quantitative estimate of drug-likeness (QED) is 0.815. The van der Waals surface area contributed by atoms with Gasteiger partial charge in [0, 0.05) is 18.8 Å². The summed E-state index contributed by atoms with van der Waals surface area (Å²) in [5.74, 6) is 0.0926. The number of pyridine rings is 1. The van der Waals surface area contributed by atoms with Gasteiger partial charge in [0.2, 0.25) is 0 Å². The molecule has 0 amide bonds. The molecule has 2 rings (SSSR count). The maximum Gasteiger partial charge on any atom is 0.195 e. The molecule has 1 aromatic rings. The zero-order valence-corrected chi connectivity index (χ0v) is 10.7. The second kappa shape index (κ2) is 6.69. The Labute approximate surface area is 108 Å². The fourth-order valence-corrected chi connectivity index (χ4v) is 1.98. The lowest BCUT2D eigenvalue weighted by Gasteiger charge is -2.22. The number of carbonyl (C=O) groups excluding carboxylic acids is 1. The van der Waals surface area contributed by atoms with Crippen molar-refractivity contribution in [2.45, 2.75) is 12.5 Å². The molecule has 0 bridgehead atoms. The first-order chi connectivity index (χ1) is 7.77. The highest BCUT2D eigenvalue weighted by Gasteiger charge is 2.21. The smallest absolute Gasteiger partial charge is 0.195 e. The van der Waals surface area contributed by atoms with Crippen LogP contribution in [0.2, 0.25) is 0 Å². The van der Waals surface area contributed by atoms with E-state index in [9.17, 15) is 4.79 Å². The van der Waals surface area contributed by atoms with E-state index in [1.165, 1.54) is 0 Å². The van der Waals surface area contributed by atoms with Crippen molar-refractivity contribution in [1.29, 1.82) is 0 Å². The Balaban J connectivity index is 0.00000144. The monoisotopic (exact) mass is 255 g/mol. The second-order valence-corrected chi connectivity index (χ2v) is 4.20. The van der Waals surface area contributed by atoms with E-state index in [1.807, 2.05) is 19.2 Å². The van der Waals surface area contributed by atoms with Crippen LogP contribution in [0, 0.1) is 0 Å². The molecule has 1 aliphatic rings. The summed E-state index contributed by atoms with van der Waals surface area (Å²) in [6.45, 7) is 2.47. The molecule has 94 valence electrons. The third-order valence-electron chi connectivity index (χ3n) is 3.00. The van der Waals surface area contributed by atoms with E-state index >= 15 is 0 Å². The summed E-state index contributed by atoms with van der Waals surface area (Å²) in [4.78, 5) is 18.1. The molecule has 1 unspecified atom stereocenters. The maximum atomic E-state index is 11.9. The predicted molar refractivity (Wildman–Crippen MR) is 69.7 cm³/mol. The van der Waals surface area contributed by atoms with E-state index < -0.39 is 0 Å². The molecule has 17 heavy (non-hydrogen) atoms. The number of hydrogen-bond donors (Lipinski definition) is 1. The van der Waals surface area contributed by atoms with Gasteiger partial charge >= 0.3 is 0 Å². The standard InChI is InChI=1S/C12H17N3O.ClH/c1-15(10-5-7-13-8-10)9-12(16)11-4-2-3-6-14-11;/h2-4,6,10,13H,5,7-9H2,1H3;1H. The molecule has 1 fully saturated rings. The van der Waals surface area contributed by atoms with Crippen molar-refractivity contribution in [1.82, 2.24) is 15.2 Å². The van der Waals surface area contributed by atoms with Crippen molar-refractivity contribution in [3.05, 3.63) is 30.1 Å². The lowest BCUT2D eigenvalue weighted by atomic mass is 10.2. The number of rotatable bonds is 4. The van der Waals surface area contributed by atoms with Crippen LogP contribution in [0.25, 0.3) is 0 Å². The van der Waals surface area contributed by atoms with Crippen LogP contribution in [0.15, 0.2) is 24.4 Å². The minimum atomic E-state index is 0. The van der Waals surface area contributed by atoms with Gasteiger partial charge < -0.3 is 5.32 Å². The molecular weight excluding hydrogens is 238 g/mol. The Hall–Kier alpha value is -0.970. The van der Waals surface area contributed by atoms with Gasteiger partial charge in [-0.15, -0.1) is 12.4 Å². The number of nitrogens with zero attached hydrogens (tertiary/aromatic N) is 2. The number of halogens is 1. The normalized spacial score (nSPS) is 19.1. The molecule has 1 aromatic heterocycles. The summed E-state index contributed by atoms with van der Waals surface area (Å²) >= 11 is 0. The summed E-state index contributed by atoms with van der Waals surface area (Å²) in [5, 5.41) is 3.30. The highest BCUT2D eigenvalue weighted by Crippen LogP contribution is 2.07. The van der Waals surface area contributed by atoms with Crippen LogP contribution in [0.1, 0.15) is 16.9 Å². The zero-order chi connectivity index (χ0) is 11.4. The van der Waals surface area contributed by atoms with Crippen LogP contribution >= 0.6 is 12.4 Å². The summed E-state index contributed by atoms with van der Waals surface area (Å²) in [5.41, 5.74) is 0.556. The number of hydrogen-bond acceptors (Lipinski definition) is 4. The molecule has 0 saturated carbocycles. The van der Waals surface area contributed by atoms with Gasteiger partial charge in [-0.2, -0.15) is 0 Å². The fourth-order valence-electron chi connectivity index (χ4n) is 1.98. The fraction of sp³-hybridized carbons (Fsp3) is 0.500. The Kier molecular flexibility index (Phi) is 5.55. The van der Waals surface area contributed by atoms with Crippen LogP contribution in [-0.4, -0.2) is 48.4 Å². The van der Waals surface area contributed by atoms with Gasteiger partial charge in [0.25, 0.3) is 0 Å². The number of nitrogens with one attached hydrogen (secondary N) is 1. The minimum Gasteiger partial charge on any atom is -0.315 e. The van der Waals surface area contributed by atoms with Crippen LogP contribution in [0.4, 0.5) is 0 Å². The van der Waals surface area contributed by atoms with E-state index in [0.29, 0.717) is 18.3 Å². The molecule has 1 atom stereocenters. The van der Waals surface area contributed by atoms with Crippen LogP contribution in [0.5, 0.6) is 0 Å². The Morgan fingerprint density at radius 3 is 3.00 bits per heavy atom. The maximum absolute atomic E-state index is 11.9. The van der Waals surface area contributed by atoms with Gasteiger partial charge in [-0.1, -0.05) is 6.07 Å². The number of carbonyl (C=O) groups is 1. The van der Waals surface area contributed by atoms with E-state index in [1.54, 1.807) is 12.3 Å². The van der Waals surface area contributed by atoms with Crippen LogP contribution in [-0.2, 0) is 0 Å². The molecule has 2 heterocycles. The largest absolute Gasteiger partial charge is 0.315 e. The first-order valence-corrected chi connectivity index (χ1v) is 5.62. The van der Waals surface area contributed by atoms with Gasteiger partial charge in [-0.3, -0.25) is 14.7 Å². The predicted octanol–water partition coefficient (Wildman–Crippen LogP) is 0.980. The Bertz CT molecular complexity index is 352. The zero-order valence-electron chi connectivity index (χ0n) is 9.93.